The molecule has 0 saturated heterocycles. The van der Waals surface area contributed by atoms with Gasteiger partial charge in [0.25, 0.3) is 5.91 Å². The third kappa shape index (κ3) is 3.26. The number of anilines is 2. The summed E-state index contributed by atoms with van der Waals surface area (Å²) in [5.74, 6) is -0.0752. The first-order chi connectivity index (χ1) is 9.95. The van der Waals surface area contributed by atoms with Gasteiger partial charge in [0.1, 0.15) is 0 Å². The molecule has 21 heavy (non-hydrogen) atoms. The van der Waals surface area contributed by atoms with E-state index in [0.717, 1.165) is 0 Å². The zero-order chi connectivity index (χ0) is 15.6. The summed E-state index contributed by atoms with van der Waals surface area (Å²) in [5, 5.41) is 3.26. The van der Waals surface area contributed by atoms with Crippen molar-refractivity contribution in [2.45, 2.75) is 0 Å². The highest BCUT2D eigenvalue weighted by Gasteiger charge is 2.17. The van der Waals surface area contributed by atoms with E-state index in [0.29, 0.717) is 32.2 Å². The van der Waals surface area contributed by atoms with Crippen LogP contribution in [0.1, 0.15) is 10.4 Å². The second kappa shape index (κ2) is 6.56. The number of para-hydroxylation sites is 1. The van der Waals surface area contributed by atoms with E-state index in [4.69, 9.17) is 33.7 Å². The molecule has 0 aliphatic rings. The molecule has 0 atom stereocenters. The van der Waals surface area contributed by atoms with Gasteiger partial charge in [-0.05, 0) is 40.2 Å². The molecule has 2 rings (SSSR count). The van der Waals surface area contributed by atoms with E-state index in [1.54, 1.807) is 30.3 Å². The van der Waals surface area contributed by atoms with E-state index in [-0.39, 0.29) is 10.9 Å². The van der Waals surface area contributed by atoms with Crippen LogP contribution in [0.25, 0.3) is 0 Å². The maximum atomic E-state index is 12.3. The molecule has 7 heteroatoms. The highest BCUT2D eigenvalue weighted by atomic mass is 79.9. The number of nitrogens with one attached hydrogen (secondary N) is 1. The Balaban J connectivity index is 2.35. The molecule has 0 aliphatic carbocycles. The van der Waals surface area contributed by atoms with E-state index < -0.39 is 0 Å². The van der Waals surface area contributed by atoms with Gasteiger partial charge in [0.15, 0.2) is 5.75 Å². The summed E-state index contributed by atoms with van der Waals surface area (Å²) >= 11 is 15.4. The van der Waals surface area contributed by atoms with Gasteiger partial charge < -0.3 is 15.8 Å². The largest absolute Gasteiger partial charge is 0.494 e. The van der Waals surface area contributed by atoms with Crippen LogP contribution in [0.2, 0.25) is 10.0 Å². The van der Waals surface area contributed by atoms with Gasteiger partial charge in [0.2, 0.25) is 0 Å². The quantitative estimate of drug-likeness (QED) is 0.595. The van der Waals surface area contributed by atoms with Gasteiger partial charge in [-0.25, -0.2) is 0 Å². The minimum Gasteiger partial charge on any atom is -0.494 e. The Kier molecular flexibility index (Phi) is 4.98. The molecule has 0 fully saturated rings. The molecule has 2 aromatic carbocycles. The molecule has 0 spiro atoms. The van der Waals surface area contributed by atoms with Crippen molar-refractivity contribution in [3.8, 4) is 5.75 Å². The molecule has 1 amide bonds. The molecule has 0 unspecified atom stereocenters. The molecular formula is C14H11BrCl2N2O2. The summed E-state index contributed by atoms with van der Waals surface area (Å²) in [6.07, 6.45) is 0. The van der Waals surface area contributed by atoms with Gasteiger partial charge in [-0.1, -0.05) is 29.3 Å². The van der Waals surface area contributed by atoms with Gasteiger partial charge in [0.05, 0.1) is 34.1 Å². The smallest absolute Gasteiger partial charge is 0.259 e. The van der Waals surface area contributed by atoms with Gasteiger partial charge in [0, 0.05) is 4.47 Å². The summed E-state index contributed by atoms with van der Waals surface area (Å²) in [4.78, 5) is 12.3. The number of hydrogen-bond donors (Lipinski definition) is 2. The van der Waals surface area contributed by atoms with Crippen molar-refractivity contribution in [2.24, 2.45) is 0 Å². The van der Waals surface area contributed by atoms with E-state index in [1.807, 2.05) is 0 Å². The lowest BCUT2D eigenvalue weighted by Crippen LogP contribution is -2.14. The van der Waals surface area contributed by atoms with Crippen molar-refractivity contribution in [3.05, 3.63) is 50.4 Å². The van der Waals surface area contributed by atoms with Crippen molar-refractivity contribution in [1.82, 2.24) is 0 Å². The molecule has 0 heterocycles. The van der Waals surface area contributed by atoms with Crippen LogP contribution in [0.3, 0.4) is 0 Å². The third-order valence-electron chi connectivity index (χ3n) is 2.78. The van der Waals surface area contributed by atoms with Crippen molar-refractivity contribution in [1.29, 1.82) is 0 Å². The normalized spacial score (nSPS) is 10.3. The van der Waals surface area contributed by atoms with Crippen LogP contribution in [0.15, 0.2) is 34.8 Å². The van der Waals surface area contributed by atoms with Crippen molar-refractivity contribution in [2.75, 3.05) is 18.2 Å². The average molecular weight is 390 g/mol. The SMILES string of the molecule is COc1c(N)cccc1C(=O)Nc1ccc(Br)c(Cl)c1Cl. The van der Waals surface area contributed by atoms with E-state index in [2.05, 4.69) is 21.2 Å². The van der Waals surface area contributed by atoms with E-state index >= 15 is 0 Å². The summed E-state index contributed by atoms with van der Waals surface area (Å²) in [6, 6.07) is 8.27. The molecule has 3 N–H and O–H groups in total. The lowest BCUT2D eigenvalue weighted by molar-refractivity contribution is 0.102. The highest BCUT2D eigenvalue weighted by molar-refractivity contribution is 9.10. The molecule has 4 nitrogen and oxygen atoms in total. The first-order valence-electron chi connectivity index (χ1n) is 5.83. The van der Waals surface area contributed by atoms with Crippen molar-refractivity contribution < 1.29 is 9.53 Å². The molecule has 0 bridgehead atoms. The van der Waals surface area contributed by atoms with Gasteiger partial charge >= 0.3 is 0 Å². The minimum atomic E-state index is -0.389. The molecule has 0 saturated carbocycles. The summed E-state index contributed by atoms with van der Waals surface area (Å²) in [6.45, 7) is 0. The Hall–Kier alpha value is -1.43. The predicted octanol–water partition coefficient (Wildman–Crippen LogP) is 4.60. The lowest BCUT2D eigenvalue weighted by Gasteiger charge is -2.12. The standard InChI is InChI=1S/C14H11BrCl2N2O2/c1-21-13-7(3-2-4-9(13)18)14(20)19-10-6-5-8(15)11(16)12(10)17/h2-6H,18H2,1H3,(H,19,20). The monoisotopic (exact) mass is 388 g/mol. The van der Waals surface area contributed by atoms with Gasteiger partial charge in [-0.2, -0.15) is 0 Å². The maximum absolute atomic E-state index is 12.3. The van der Waals surface area contributed by atoms with Crippen LogP contribution in [0.4, 0.5) is 11.4 Å². The fourth-order valence-corrected chi connectivity index (χ4v) is 2.59. The highest BCUT2D eigenvalue weighted by Crippen LogP contribution is 2.36. The van der Waals surface area contributed by atoms with Gasteiger partial charge in [-0.15, -0.1) is 0 Å². The number of rotatable bonds is 3. The number of hydrogen-bond acceptors (Lipinski definition) is 3. The summed E-state index contributed by atoms with van der Waals surface area (Å²) in [5.41, 5.74) is 6.87. The number of benzene rings is 2. The Bertz CT molecular complexity index is 708. The Morgan fingerprint density at radius 2 is 1.95 bits per heavy atom. The Labute approximate surface area is 140 Å². The zero-order valence-electron chi connectivity index (χ0n) is 10.9. The van der Waals surface area contributed by atoms with Crippen LogP contribution in [-0.2, 0) is 0 Å². The van der Waals surface area contributed by atoms with Crippen molar-refractivity contribution in [3.63, 3.8) is 0 Å². The third-order valence-corrected chi connectivity index (χ3v) is 4.55. The van der Waals surface area contributed by atoms with E-state index in [9.17, 15) is 4.79 Å². The average Bonchev–Trinajstić information content (AvgIpc) is 2.47. The minimum absolute atomic E-state index is 0.252. The number of carbonyl (C=O) groups is 1. The number of nitrogens with two attached hydrogens (primary N) is 1. The fourth-order valence-electron chi connectivity index (χ4n) is 1.77. The van der Waals surface area contributed by atoms with Crippen molar-refractivity contribution >= 4 is 56.4 Å². The molecule has 0 radical (unpaired) electrons. The topological polar surface area (TPSA) is 64.3 Å². The molecule has 2 aromatic rings. The van der Waals surface area contributed by atoms with Crippen LogP contribution in [0.5, 0.6) is 5.75 Å². The number of ether oxygens (including phenoxy) is 1. The number of amides is 1. The predicted molar refractivity (Wildman–Crippen MR) is 89.5 cm³/mol. The number of nitrogen functional groups attached to an aromatic ring is 1. The first-order valence-corrected chi connectivity index (χ1v) is 7.38. The second-order valence-electron chi connectivity index (χ2n) is 4.11. The molecule has 0 aromatic heterocycles. The maximum Gasteiger partial charge on any atom is 0.259 e. The Morgan fingerprint density at radius 3 is 2.62 bits per heavy atom. The van der Waals surface area contributed by atoms with Crippen LogP contribution >= 0.6 is 39.1 Å². The lowest BCUT2D eigenvalue weighted by atomic mass is 10.1. The van der Waals surface area contributed by atoms with Crippen LogP contribution in [-0.4, -0.2) is 13.0 Å². The molecule has 0 aliphatic heterocycles. The number of methoxy groups -OCH3 is 1. The zero-order valence-corrected chi connectivity index (χ0v) is 14.0. The summed E-state index contributed by atoms with van der Waals surface area (Å²) < 4.78 is 5.80. The summed E-state index contributed by atoms with van der Waals surface area (Å²) in [7, 11) is 1.45. The van der Waals surface area contributed by atoms with Crippen LogP contribution in [0, 0.1) is 0 Å². The first kappa shape index (κ1) is 15.9. The van der Waals surface area contributed by atoms with Gasteiger partial charge in [-0.3, -0.25) is 4.79 Å². The molecule has 110 valence electrons. The molecular weight excluding hydrogens is 379 g/mol. The number of carbonyl (C=O) groups excluding carboxylic acids is 1. The second-order valence-corrected chi connectivity index (χ2v) is 5.72. The van der Waals surface area contributed by atoms with E-state index in [1.165, 1.54) is 7.11 Å². The Morgan fingerprint density at radius 1 is 1.24 bits per heavy atom. The number of halogens is 3. The van der Waals surface area contributed by atoms with Crippen LogP contribution < -0.4 is 15.8 Å². The fraction of sp³-hybridized carbons (Fsp3) is 0.0714.